The van der Waals surface area contributed by atoms with E-state index in [0.717, 1.165) is 11.1 Å². The van der Waals surface area contributed by atoms with Gasteiger partial charge in [-0.15, -0.1) is 0 Å². The van der Waals surface area contributed by atoms with Gasteiger partial charge in [0.15, 0.2) is 0 Å². The van der Waals surface area contributed by atoms with Crippen LogP contribution in [0.2, 0.25) is 5.02 Å². The monoisotopic (exact) mass is 340 g/mol. The summed E-state index contributed by atoms with van der Waals surface area (Å²) in [7, 11) is 0. The molecule has 1 heterocycles. The molecule has 0 unspecified atom stereocenters. The molecular formula is C19H17ClN2O2. The molecule has 122 valence electrons. The molecule has 4 nitrogen and oxygen atoms in total. The Labute approximate surface area is 144 Å². The molecule has 0 aliphatic heterocycles. The van der Waals surface area contributed by atoms with Gasteiger partial charge >= 0.3 is 0 Å². The second-order valence-electron chi connectivity index (χ2n) is 5.45. The van der Waals surface area contributed by atoms with Gasteiger partial charge in [-0.2, -0.15) is 0 Å². The summed E-state index contributed by atoms with van der Waals surface area (Å²) < 4.78 is 1.90. The number of amides is 1. The third kappa shape index (κ3) is 3.05. The lowest BCUT2D eigenvalue weighted by Crippen LogP contribution is -2.29. The average Bonchev–Trinajstić information content (AvgIpc) is 2.61. The fourth-order valence-corrected chi connectivity index (χ4v) is 2.88. The number of para-hydroxylation sites is 1. The van der Waals surface area contributed by atoms with E-state index in [1.807, 2.05) is 41.8 Å². The molecular weight excluding hydrogens is 324 g/mol. The molecule has 3 aromatic rings. The lowest BCUT2D eigenvalue weighted by Gasteiger charge is -2.12. The van der Waals surface area contributed by atoms with Crippen molar-refractivity contribution in [3.63, 3.8) is 0 Å². The van der Waals surface area contributed by atoms with E-state index in [0.29, 0.717) is 17.0 Å². The van der Waals surface area contributed by atoms with Gasteiger partial charge in [-0.1, -0.05) is 41.9 Å². The molecule has 0 radical (unpaired) electrons. The first-order valence-electron chi connectivity index (χ1n) is 7.75. The Morgan fingerprint density at radius 2 is 1.83 bits per heavy atom. The summed E-state index contributed by atoms with van der Waals surface area (Å²) in [5.74, 6) is -0.395. The van der Waals surface area contributed by atoms with Crippen LogP contribution in [0.25, 0.3) is 10.9 Å². The number of aryl methyl sites for hydroxylation is 1. The summed E-state index contributed by atoms with van der Waals surface area (Å²) in [6.07, 6.45) is 1.62. The van der Waals surface area contributed by atoms with Gasteiger partial charge < -0.3 is 9.88 Å². The van der Waals surface area contributed by atoms with Gasteiger partial charge in [0.2, 0.25) is 5.43 Å². The molecule has 0 bridgehead atoms. The molecule has 3 rings (SSSR count). The lowest BCUT2D eigenvalue weighted by molar-refractivity contribution is 0.0949. The lowest BCUT2D eigenvalue weighted by atomic mass is 10.1. The zero-order valence-electron chi connectivity index (χ0n) is 13.3. The maximum Gasteiger partial charge on any atom is 0.257 e. The Morgan fingerprint density at radius 1 is 1.12 bits per heavy atom. The molecule has 0 saturated heterocycles. The SMILES string of the molecule is CCn1cc(C(=O)NCc2ccccc2Cl)c(=O)c2ccccc21. The van der Waals surface area contributed by atoms with Crippen molar-refractivity contribution in [2.45, 2.75) is 20.0 Å². The molecule has 0 spiro atoms. The Bertz CT molecular complexity index is 963. The fourth-order valence-electron chi connectivity index (χ4n) is 2.68. The summed E-state index contributed by atoms with van der Waals surface area (Å²) in [5.41, 5.74) is 1.52. The zero-order valence-corrected chi connectivity index (χ0v) is 14.0. The molecule has 1 N–H and O–H groups in total. The Balaban J connectivity index is 1.94. The zero-order chi connectivity index (χ0) is 17.1. The molecule has 0 aliphatic rings. The summed E-state index contributed by atoms with van der Waals surface area (Å²) in [5, 5.41) is 3.91. The highest BCUT2D eigenvalue weighted by Crippen LogP contribution is 2.15. The predicted molar refractivity (Wildman–Crippen MR) is 96.5 cm³/mol. The number of rotatable bonds is 4. The quantitative estimate of drug-likeness (QED) is 0.788. The van der Waals surface area contributed by atoms with Crippen LogP contribution in [0.4, 0.5) is 0 Å². The summed E-state index contributed by atoms with van der Waals surface area (Å²) in [6, 6.07) is 14.6. The van der Waals surface area contributed by atoms with Crippen LogP contribution >= 0.6 is 11.6 Å². The van der Waals surface area contributed by atoms with Crippen molar-refractivity contribution in [3.8, 4) is 0 Å². The standard InChI is InChI=1S/C19H17ClN2O2/c1-2-22-12-15(18(23)14-8-4-6-10-17(14)22)19(24)21-11-13-7-3-5-9-16(13)20/h3-10,12H,2,11H2,1H3,(H,21,24). The van der Waals surface area contributed by atoms with Crippen LogP contribution in [0, 0.1) is 0 Å². The molecule has 1 amide bonds. The van der Waals surface area contributed by atoms with Gasteiger partial charge in [0.05, 0.1) is 5.52 Å². The van der Waals surface area contributed by atoms with Crippen molar-refractivity contribution >= 4 is 28.4 Å². The van der Waals surface area contributed by atoms with E-state index >= 15 is 0 Å². The highest BCUT2D eigenvalue weighted by molar-refractivity contribution is 6.31. The number of hydrogen-bond donors (Lipinski definition) is 1. The topological polar surface area (TPSA) is 51.1 Å². The molecule has 24 heavy (non-hydrogen) atoms. The highest BCUT2D eigenvalue weighted by atomic mass is 35.5. The highest BCUT2D eigenvalue weighted by Gasteiger charge is 2.15. The number of pyridine rings is 1. The van der Waals surface area contributed by atoms with Crippen LogP contribution in [0.1, 0.15) is 22.8 Å². The summed E-state index contributed by atoms with van der Waals surface area (Å²) >= 11 is 6.09. The van der Waals surface area contributed by atoms with Gasteiger partial charge in [0, 0.05) is 29.7 Å². The van der Waals surface area contributed by atoms with Crippen molar-refractivity contribution in [2.24, 2.45) is 0 Å². The Morgan fingerprint density at radius 3 is 2.58 bits per heavy atom. The number of carbonyl (C=O) groups is 1. The minimum absolute atomic E-state index is 0.141. The van der Waals surface area contributed by atoms with Crippen LogP contribution in [0.15, 0.2) is 59.5 Å². The van der Waals surface area contributed by atoms with Crippen molar-refractivity contribution in [2.75, 3.05) is 0 Å². The number of halogens is 1. The van der Waals surface area contributed by atoms with E-state index in [1.165, 1.54) is 0 Å². The molecule has 0 fully saturated rings. The third-order valence-electron chi connectivity index (χ3n) is 3.97. The fraction of sp³-hybridized carbons (Fsp3) is 0.158. The smallest absolute Gasteiger partial charge is 0.257 e. The molecule has 0 atom stereocenters. The van der Waals surface area contributed by atoms with Crippen molar-refractivity contribution < 1.29 is 4.79 Å². The van der Waals surface area contributed by atoms with E-state index in [4.69, 9.17) is 11.6 Å². The van der Waals surface area contributed by atoms with E-state index in [1.54, 1.807) is 24.4 Å². The van der Waals surface area contributed by atoms with Crippen LogP contribution < -0.4 is 10.7 Å². The molecule has 0 saturated carbocycles. The van der Waals surface area contributed by atoms with Crippen molar-refractivity contribution in [1.82, 2.24) is 9.88 Å². The van der Waals surface area contributed by atoms with Crippen LogP contribution in [0.5, 0.6) is 0 Å². The van der Waals surface area contributed by atoms with Crippen LogP contribution in [-0.4, -0.2) is 10.5 Å². The normalized spacial score (nSPS) is 10.8. The first-order valence-corrected chi connectivity index (χ1v) is 8.13. The molecule has 0 aliphatic carbocycles. The van der Waals surface area contributed by atoms with Gasteiger partial charge in [0.1, 0.15) is 5.56 Å². The second kappa shape index (κ2) is 6.89. The number of nitrogens with zero attached hydrogens (tertiary/aromatic N) is 1. The van der Waals surface area contributed by atoms with Gasteiger partial charge in [-0.3, -0.25) is 9.59 Å². The number of aromatic nitrogens is 1. The molecule has 1 aromatic heterocycles. The largest absolute Gasteiger partial charge is 0.348 e. The van der Waals surface area contributed by atoms with E-state index in [-0.39, 0.29) is 17.5 Å². The number of carbonyl (C=O) groups excluding carboxylic acids is 1. The van der Waals surface area contributed by atoms with E-state index in [2.05, 4.69) is 5.32 Å². The molecule has 5 heteroatoms. The predicted octanol–water partition coefficient (Wildman–Crippen LogP) is 3.60. The second-order valence-corrected chi connectivity index (χ2v) is 5.86. The van der Waals surface area contributed by atoms with E-state index in [9.17, 15) is 9.59 Å². The minimum Gasteiger partial charge on any atom is -0.348 e. The maximum atomic E-state index is 12.6. The van der Waals surface area contributed by atoms with Gasteiger partial charge in [0.25, 0.3) is 5.91 Å². The number of nitrogens with one attached hydrogen (secondary N) is 1. The maximum absolute atomic E-state index is 12.6. The summed E-state index contributed by atoms with van der Waals surface area (Å²) in [6.45, 7) is 2.92. The van der Waals surface area contributed by atoms with E-state index < -0.39 is 5.91 Å². The molecule has 2 aromatic carbocycles. The number of benzene rings is 2. The minimum atomic E-state index is -0.395. The van der Waals surface area contributed by atoms with Gasteiger partial charge in [-0.25, -0.2) is 0 Å². The third-order valence-corrected chi connectivity index (χ3v) is 4.34. The number of fused-ring (bicyclic) bond motifs is 1. The Hall–Kier alpha value is -2.59. The first-order chi connectivity index (χ1) is 11.6. The van der Waals surface area contributed by atoms with Crippen LogP contribution in [0.3, 0.4) is 0 Å². The van der Waals surface area contributed by atoms with Crippen LogP contribution in [-0.2, 0) is 13.1 Å². The average molecular weight is 341 g/mol. The van der Waals surface area contributed by atoms with Crippen molar-refractivity contribution in [1.29, 1.82) is 0 Å². The van der Waals surface area contributed by atoms with Crippen molar-refractivity contribution in [3.05, 3.63) is 81.1 Å². The summed E-state index contributed by atoms with van der Waals surface area (Å²) in [4.78, 5) is 25.1. The number of hydrogen-bond acceptors (Lipinski definition) is 2. The first kappa shape index (κ1) is 16.3. The van der Waals surface area contributed by atoms with Gasteiger partial charge in [-0.05, 0) is 30.7 Å². The Kier molecular flexibility index (Phi) is 4.67.